The fourth-order valence-electron chi connectivity index (χ4n) is 0.413. The number of carboxylic acids is 1. The first-order chi connectivity index (χ1) is 5.88. The molecule has 0 saturated carbocycles. The zero-order valence-electron chi connectivity index (χ0n) is 6.22. The van der Waals surface area contributed by atoms with E-state index in [-0.39, 0.29) is 0 Å². The number of nitrogens with zero attached hydrogens (tertiary/aromatic N) is 1. The largest absolute Gasteiger partial charge is 0.480 e. The van der Waals surface area contributed by atoms with E-state index in [9.17, 15) is 18.0 Å². The molecule has 0 aromatic carbocycles. The minimum atomic E-state index is -4.74. The molecule has 8 heteroatoms. The van der Waals surface area contributed by atoms with Crippen molar-refractivity contribution in [1.82, 2.24) is 5.32 Å². The summed E-state index contributed by atoms with van der Waals surface area (Å²) in [5, 5.41) is 12.1. The van der Waals surface area contributed by atoms with Gasteiger partial charge < -0.3 is 10.4 Å². The topological polar surface area (TPSA) is 85.5 Å². The van der Waals surface area contributed by atoms with Gasteiger partial charge in [-0.25, -0.2) is 5.53 Å². The Kier molecular flexibility index (Phi) is 3.89. The fourth-order valence-corrected chi connectivity index (χ4v) is 0.413. The molecule has 0 aliphatic heterocycles. The van der Waals surface area contributed by atoms with E-state index in [0.717, 1.165) is 0 Å². The molecule has 5 nitrogen and oxygen atoms in total. The number of hydrogen-bond acceptors (Lipinski definition) is 4. The van der Waals surface area contributed by atoms with Crippen LogP contribution in [0, 0.1) is 5.53 Å². The van der Waals surface area contributed by atoms with E-state index in [2.05, 4.69) is 5.11 Å². The Morgan fingerprint density at radius 3 is 2.46 bits per heavy atom. The van der Waals surface area contributed by atoms with Gasteiger partial charge in [0.1, 0.15) is 6.54 Å². The van der Waals surface area contributed by atoms with Crippen molar-refractivity contribution in [3.8, 4) is 0 Å². The molecule has 0 rings (SSSR count). The number of hydrogen-bond donors (Lipinski definition) is 3. The molecule has 0 fully saturated rings. The standard InChI is InChI=1S/C5H6F3N3O2/c6-5(7,8)3(11-9)1-10-2-4(12)13/h1,9-10H,2H2,(H,12,13)/b3-1-,11-9?. The monoisotopic (exact) mass is 197 g/mol. The lowest BCUT2D eigenvalue weighted by atomic mass is 10.4. The van der Waals surface area contributed by atoms with E-state index in [1.165, 1.54) is 0 Å². The highest BCUT2D eigenvalue weighted by atomic mass is 19.4. The van der Waals surface area contributed by atoms with Crippen molar-refractivity contribution < 1.29 is 23.1 Å². The summed E-state index contributed by atoms with van der Waals surface area (Å²) < 4.78 is 35.3. The SMILES string of the molecule is N=N/C(=C\NCC(=O)O)C(F)(F)F. The summed E-state index contributed by atoms with van der Waals surface area (Å²) in [5.41, 5.74) is 4.67. The van der Waals surface area contributed by atoms with Crippen molar-refractivity contribution in [2.75, 3.05) is 6.54 Å². The minimum Gasteiger partial charge on any atom is -0.480 e. The number of alkyl halides is 3. The molecule has 0 aliphatic rings. The Balaban J connectivity index is 4.25. The van der Waals surface area contributed by atoms with Crippen molar-refractivity contribution in [3.63, 3.8) is 0 Å². The lowest BCUT2D eigenvalue weighted by molar-refractivity contribution is -0.135. The molecule has 0 bridgehead atoms. The van der Waals surface area contributed by atoms with Gasteiger partial charge in [0.2, 0.25) is 0 Å². The van der Waals surface area contributed by atoms with Gasteiger partial charge in [-0.1, -0.05) is 0 Å². The van der Waals surface area contributed by atoms with Crippen LogP contribution in [0.1, 0.15) is 0 Å². The van der Waals surface area contributed by atoms with Gasteiger partial charge in [0, 0.05) is 6.20 Å². The zero-order valence-corrected chi connectivity index (χ0v) is 6.22. The first-order valence-electron chi connectivity index (χ1n) is 2.98. The molecule has 0 heterocycles. The summed E-state index contributed by atoms with van der Waals surface area (Å²) in [5.74, 6) is -1.30. The van der Waals surface area contributed by atoms with E-state index in [0.29, 0.717) is 6.20 Å². The number of aliphatic carboxylic acids is 1. The summed E-state index contributed by atoms with van der Waals surface area (Å²) in [6.07, 6.45) is -4.41. The predicted molar refractivity (Wildman–Crippen MR) is 34.9 cm³/mol. The summed E-state index contributed by atoms with van der Waals surface area (Å²) in [4.78, 5) is 9.87. The summed E-state index contributed by atoms with van der Waals surface area (Å²) in [6, 6.07) is 0. The minimum absolute atomic E-state index is 0.334. The molecule has 74 valence electrons. The molecule has 13 heavy (non-hydrogen) atoms. The van der Waals surface area contributed by atoms with Gasteiger partial charge in [-0.05, 0) is 0 Å². The van der Waals surface area contributed by atoms with E-state index in [1.807, 2.05) is 5.32 Å². The predicted octanol–water partition coefficient (Wildman–Crippen LogP) is 1.10. The number of carbonyl (C=O) groups is 1. The summed E-state index contributed by atoms with van der Waals surface area (Å²) >= 11 is 0. The maximum absolute atomic E-state index is 11.8. The van der Waals surface area contributed by atoms with Crippen LogP contribution in [-0.4, -0.2) is 23.8 Å². The van der Waals surface area contributed by atoms with Gasteiger partial charge in [0.15, 0.2) is 5.70 Å². The molecule has 0 atom stereocenters. The van der Waals surface area contributed by atoms with E-state index < -0.39 is 24.4 Å². The number of allylic oxidation sites excluding steroid dienone is 1. The highest BCUT2D eigenvalue weighted by molar-refractivity contribution is 5.69. The van der Waals surface area contributed by atoms with Gasteiger partial charge >= 0.3 is 12.1 Å². The van der Waals surface area contributed by atoms with Gasteiger partial charge in [-0.3, -0.25) is 4.79 Å². The van der Waals surface area contributed by atoms with E-state index >= 15 is 0 Å². The number of nitrogens with one attached hydrogen (secondary N) is 2. The van der Waals surface area contributed by atoms with Crippen LogP contribution in [0.15, 0.2) is 17.0 Å². The van der Waals surface area contributed by atoms with Crippen LogP contribution < -0.4 is 5.32 Å². The molecule has 0 aromatic heterocycles. The second-order valence-electron chi connectivity index (χ2n) is 1.91. The van der Waals surface area contributed by atoms with Crippen LogP contribution in [0.4, 0.5) is 13.2 Å². The molecular weight excluding hydrogens is 191 g/mol. The quantitative estimate of drug-likeness (QED) is 0.589. The van der Waals surface area contributed by atoms with Crippen LogP contribution in [0.25, 0.3) is 0 Å². The van der Waals surface area contributed by atoms with E-state index in [1.54, 1.807) is 0 Å². The van der Waals surface area contributed by atoms with Crippen LogP contribution in [0.2, 0.25) is 0 Å². The van der Waals surface area contributed by atoms with Crippen molar-refractivity contribution in [1.29, 1.82) is 5.53 Å². The van der Waals surface area contributed by atoms with Gasteiger partial charge in [-0.15, -0.1) is 0 Å². The Morgan fingerprint density at radius 1 is 1.62 bits per heavy atom. The lowest BCUT2D eigenvalue weighted by Crippen LogP contribution is -2.20. The average molecular weight is 197 g/mol. The smallest absolute Gasteiger partial charge is 0.436 e. The van der Waals surface area contributed by atoms with Crippen molar-refractivity contribution in [2.24, 2.45) is 5.11 Å². The van der Waals surface area contributed by atoms with Crippen molar-refractivity contribution >= 4 is 5.97 Å². The summed E-state index contributed by atoms with van der Waals surface area (Å²) in [7, 11) is 0. The molecular formula is C5H6F3N3O2. The zero-order chi connectivity index (χ0) is 10.5. The third kappa shape index (κ3) is 4.77. The Labute approximate surface area is 70.7 Å². The third-order valence-corrected chi connectivity index (χ3v) is 0.903. The maximum atomic E-state index is 11.8. The Hall–Kier alpha value is -1.60. The first-order valence-corrected chi connectivity index (χ1v) is 2.98. The fraction of sp³-hybridized carbons (Fsp3) is 0.400. The number of rotatable bonds is 4. The van der Waals surface area contributed by atoms with Crippen molar-refractivity contribution in [3.05, 3.63) is 11.9 Å². The van der Waals surface area contributed by atoms with Crippen LogP contribution in [-0.2, 0) is 4.79 Å². The molecule has 0 radical (unpaired) electrons. The van der Waals surface area contributed by atoms with Crippen molar-refractivity contribution in [2.45, 2.75) is 6.18 Å². The second kappa shape index (κ2) is 4.43. The first kappa shape index (κ1) is 11.4. The molecule has 0 aromatic rings. The molecule has 0 spiro atoms. The van der Waals surface area contributed by atoms with Crippen LogP contribution >= 0.6 is 0 Å². The van der Waals surface area contributed by atoms with Gasteiger partial charge in [0.25, 0.3) is 0 Å². The van der Waals surface area contributed by atoms with Gasteiger partial charge in [-0.2, -0.15) is 18.3 Å². The average Bonchev–Trinajstić information content (AvgIpc) is 1.95. The third-order valence-electron chi connectivity index (χ3n) is 0.903. The molecule has 0 unspecified atom stereocenters. The lowest BCUT2D eigenvalue weighted by Gasteiger charge is -2.04. The highest BCUT2D eigenvalue weighted by Gasteiger charge is 2.34. The van der Waals surface area contributed by atoms with Gasteiger partial charge in [0.05, 0.1) is 0 Å². The maximum Gasteiger partial charge on any atom is 0.436 e. The second-order valence-corrected chi connectivity index (χ2v) is 1.91. The Morgan fingerprint density at radius 2 is 2.15 bits per heavy atom. The molecule has 0 amide bonds. The summed E-state index contributed by atoms with van der Waals surface area (Å²) in [6.45, 7) is -0.658. The van der Waals surface area contributed by atoms with Crippen LogP contribution in [0.3, 0.4) is 0 Å². The van der Waals surface area contributed by atoms with E-state index in [4.69, 9.17) is 10.6 Å². The number of halogens is 3. The molecule has 0 aliphatic carbocycles. The van der Waals surface area contributed by atoms with Crippen LogP contribution in [0.5, 0.6) is 0 Å². The Bertz CT molecular complexity index is 236. The number of carboxylic acid groups (broad SMARTS) is 1. The normalized spacial score (nSPS) is 12.4. The molecule has 0 saturated heterocycles. The highest BCUT2D eigenvalue weighted by Crippen LogP contribution is 2.25. The molecule has 3 N–H and O–H groups in total.